The van der Waals surface area contributed by atoms with Crippen molar-refractivity contribution in [2.24, 2.45) is 0 Å². The summed E-state index contributed by atoms with van der Waals surface area (Å²) in [7, 11) is 0. The molecule has 0 saturated carbocycles. The molecule has 0 spiro atoms. The van der Waals surface area contributed by atoms with Crippen LogP contribution in [0.3, 0.4) is 0 Å². The number of thiophene rings is 1. The molecular weight excluding hydrogens is 290 g/mol. The van der Waals surface area contributed by atoms with Crippen LogP contribution >= 0.6 is 11.3 Å². The standard InChI is InChI=1S/C14H19N3O3S/c1-14(2,3)17(6-4-12(18)19)8-11-15-13(20-16-11)10-5-7-21-9-10/h5,7,9H,4,6,8H2,1-3H3,(H,18,19). The van der Waals surface area contributed by atoms with Crippen molar-refractivity contribution in [1.29, 1.82) is 0 Å². The van der Waals surface area contributed by atoms with Crippen LogP contribution in [-0.4, -0.2) is 38.2 Å². The number of rotatable bonds is 6. The quantitative estimate of drug-likeness (QED) is 0.884. The molecule has 2 rings (SSSR count). The number of carboxylic acids is 1. The van der Waals surface area contributed by atoms with Crippen molar-refractivity contribution in [3.63, 3.8) is 0 Å². The third-order valence-electron chi connectivity index (χ3n) is 3.11. The van der Waals surface area contributed by atoms with E-state index < -0.39 is 5.97 Å². The molecule has 0 fully saturated rings. The Labute approximate surface area is 127 Å². The van der Waals surface area contributed by atoms with Crippen molar-refractivity contribution in [3.8, 4) is 11.5 Å². The van der Waals surface area contributed by atoms with Gasteiger partial charge >= 0.3 is 5.97 Å². The lowest BCUT2D eigenvalue weighted by atomic mass is 10.1. The summed E-state index contributed by atoms with van der Waals surface area (Å²) in [5.74, 6) is 0.256. The summed E-state index contributed by atoms with van der Waals surface area (Å²) in [6.45, 7) is 7.02. The third kappa shape index (κ3) is 4.37. The average Bonchev–Trinajstić information content (AvgIpc) is 3.03. The number of nitrogens with zero attached hydrogens (tertiary/aromatic N) is 3. The van der Waals surface area contributed by atoms with E-state index in [1.54, 1.807) is 11.3 Å². The van der Waals surface area contributed by atoms with Crippen molar-refractivity contribution < 1.29 is 14.4 Å². The summed E-state index contributed by atoms with van der Waals surface area (Å²) >= 11 is 1.57. The zero-order chi connectivity index (χ0) is 15.5. The van der Waals surface area contributed by atoms with Gasteiger partial charge in [0.1, 0.15) is 0 Å². The van der Waals surface area contributed by atoms with Gasteiger partial charge in [-0.2, -0.15) is 16.3 Å². The highest BCUT2D eigenvalue weighted by Crippen LogP contribution is 2.22. The highest BCUT2D eigenvalue weighted by molar-refractivity contribution is 7.08. The molecule has 7 heteroatoms. The minimum Gasteiger partial charge on any atom is -0.481 e. The average molecular weight is 309 g/mol. The van der Waals surface area contributed by atoms with E-state index in [4.69, 9.17) is 9.63 Å². The molecule has 0 saturated heterocycles. The Morgan fingerprint density at radius 1 is 1.48 bits per heavy atom. The van der Waals surface area contributed by atoms with Gasteiger partial charge in [0.25, 0.3) is 5.89 Å². The van der Waals surface area contributed by atoms with E-state index in [0.29, 0.717) is 24.8 Å². The van der Waals surface area contributed by atoms with Crippen molar-refractivity contribution in [2.45, 2.75) is 39.3 Å². The van der Waals surface area contributed by atoms with Crippen LogP contribution in [0.1, 0.15) is 33.0 Å². The van der Waals surface area contributed by atoms with E-state index in [-0.39, 0.29) is 12.0 Å². The molecule has 0 unspecified atom stereocenters. The van der Waals surface area contributed by atoms with Gasteiger partial charge in [-0.1, -0.05) is 5.16 Å². The first-order chi connectivity index (χ1) is 9.86. The summed E-state index contributed by atoms with van der Waals surface area (Å²) in [5.41, 5.74) is 0.741. The molecule has 6 nitrogen and oxygen atoms in total. The molecule has 0 amide bonds. The van der Waals surface area contributed by atoms with Gasteiger partial charge in [-0.15, -0.1) is 0 Å². The Kier molecular flexibility index (Phi) is 4.74. The molecule has 0 aromatic carbocycles. The Morgan fingerprint density at radius 3 is 2.81 bits per heavy atom. The smallest absolute Gasteiger partial charge is 0.304 e. The Balaban J connectivity index is 2.08. The zero-order valence-corrected chi connectivity index (χ0v) is 13.2. The van der Waals surface area contributed by atoms with Crippen LogP contribution in [0, 0.1) is 0 Å². The van der Waals surface area contributed by atoms with E-state index >= 15 is 0 Å². The molecule has 2 aromatic heterocycles. The highest BCUT2D eigenvalue weighted by Gasteiger charge is 2.24. The number of carbonyl (C=O) groups is 1. The fourth-order valence-electron chi connectivity index (χ4n) is 1.87. The molecule has 1 N–H and O–H groups in total. The molecule has 0 atom stereocenters. The van der Waals surface area contributed by atoms with E-state index in [0.717, 1.165) is 5.56 Å². The normalized spacial score (nSPS) is 12.0. The van der Waals surface area contributed by atoms with Gasteiger partial charge in [0.05, 0.1) is 18.5 Å². The van der Waals surface area contributed by atoms with Crippen molar-refractivity contribution in [2.75, 3.05) is 6.54 Å². The zero-order valence-electron chi connectivity index (χ0n) is 12.4. The molecule has 2 heterocycles. The summed E-state index contributed by atoms with van der Waals surface area (Å²) in [6, 6.07) is 1.92. The first-order valence-electron chi connectivity index (χ1n) is 6.68. The molecule has 114 valence electrons. The second-order valence-corrected chi connectivity index (χ2v) is 6.54. The fourth-order valence-corrected chi connectivity index (χ4v) is 2.50. The molecule has 2 aromatic rings. The number of hydrogen-bond donors (Lipinski definition) is 1. The lowest BCUT2D eigenvalue weighted by molar-refractivity contribution is -0.137. The third-order valence-corrected chi connectivity index (χ3v) is 3.80. The van der Waals surface area contributed by atoms with E-state index in [2.05, 4.69) is 10.1 Å². The summed E-state index contributed by atoms with van der Waals surface area (Å²) in [6.07, 6.45) is 0.0898. The second-order valence-electron chi connectivity index (χ2n) is 5.76. The number of hydrogen-bond acceptors (Lipinski definition) is 6. The monoisotopic (exact) mass is 309 g/mol. The van der Waals surface area contributed by atoms with E-state index in [1.807, 2.05) is 42.5 Å². The van der Waals surface area contributed by atoms with Crippen LogP contribution in [0.15, 0.2) is 21.3 Å². The number of aromatic nitrogens is 2. The van der Waals surface area contributed by atoms with Crippen LogP contribution in [-0.2, 0) is 11.3 Å². The minimum absolute atomic E-state index is 0.0898. The van der Waals surface area contributed by atoms with Gasteiger partial charge in [-0.25, -0.2) is 0 Å². The second kappa shape index (κ2) is 6.36. The summed E-state index contributed by atoms with van der Waals surface area (Å²) in [5, 5.41) is 16.7. The maximum atomic E-state index is 10.8. The fraction of sp³-hybridized carbons (Fsp3) is 0.500. The largest absolute Gasteiger partial charge is 0.481 e. The molecule has 0 bridgehead atoms. The van der Waals surface area contributed by atoms with Gasteiger partial charge in [0.15, 0.2) is 5.82 Å². The first-order valence-corrected chi connectivity index (χ1v) is 7.62. The maximum Gasteiger partial charge on any atom is 0.304 e. The summed E-state index contributed by atoms with van der Waals surface area (Å²) < 4.78 is 5.25. The van der Waals surface area contributed by atoms with Crippen molar-refractivity contribution in [1.82, 2.24) is 15.0 Å². The molecule has 0 aliphatic rings. The highest BCUT2D eigenvalue weighted by atomic mass is 32.1. The minimum atomic E-state index is -0.809. The van der Waals surface area contributed by atoms with Crippen molar-refractivity contribution in [3.05, 3.63) is 22.7 Å². The first kappa shape index (κ1) is 15.7. The predicted molar refractivity (Wildman–Crippen MR) is 80.0 cm³/mol. The lowest BCUT2D eigenvalue weighted by Gasteiger charge is -2.34. The van der Waals surface area contributed by atoms with Gasteiger partial charge < -0.3 is 9.63 Å². The number of carboxylic acid groups (broad SMARTS) is 1. The van der Waals surface area contributed by atoms with Crippen LogP contribution in [0.4, 0.5) is 0 Å². The maximum absolute atomic E-state index is 10.8. The number of aliphatic carboxylic acids is 1. The van der Waals surface area contributed by atoms with Crippen LogP contribution in [0.5, 0.6) is 0 Å². The predicted octanol–water partition coefficient (Wildman–Crippen LogP) is 2.87. The molecule has 0 radical (unpaired) electrons. The Bertz CT molecular complexity index is 587. The Morgan fingerprint density at radius 2 is 2.24 bits per heavy atom. The van der Waals surface area contributed by atoms with Crippen LogP contribution < -0.4 is 0 Å². The van der Waals surface area contributed by atoms with Gasteiger partial charge in [-0.05, 0) is 32.2 Å². The topological polar surface area (TPSA) is 79.5 Å². The van der Waals surface area contributed by atoms with Gasteiger partial charge in [0.2, 0.25) is 0 Å². The SMILES string of the molecule is CC(C)(C)N(CCC(=O)O)Cc1noc(-c2ccsc2)n1. The van der Waals surface area contributed by atoms with E-state index in [1.165, 1.54) is 0 Å². The molecule has 0 aliphatic heterocycles. The Hall–Kier alpha value is -1.73. The van der Waals surface area contributed by atoms with Gasteiger partial charge in [-0.3, -0.25) is 9.69 Å². The lowest BCUT2D eigenvalue weighted by Crippen LogP contribution is -2.42. The van der Waals surface area contributed by atoms with Crippen molar-refractivity contribution >= 4 is 17.3 Å². The molecule has 0 aliphatic carbocycles. The molecule has 21 heavy (non-hydrogen) atoms. The van der Waals surface area contributed by atoms with Gasteiger partial charge in [0, 0.05) is 17.5 Å². The van der Waals surface area contributed by atoms with Crippen LogP contribution in [0.25, 0.3) is 11.5 Å². The molecular formula is C14H19N3O3S. The summed E-state index contributed by atoms with van der Waals surface area (Å²) in [4.78, 5) is 17.2. The van der Waals surface area contributed by atoms with E-state index in [9.17, 15) is 4.79 Å². The van der Waals surface area contributed by atoms with Crippen LogP contribution in [0.2, 0.25) is 0 Å².